The largest absolute Gasteiger partial charge is 0.332 e. The zero-order valence-corrected chi connectivity index (χ0v) is 10.7. The van der Waals surface area contributed by atoms with Gasteiger partial charge in [-0.2, -0.15) is 0 Å². The molecule has 0 saturated carbocycles. The molecule has 0 aliphatic carbocycles. The summed E-state index contributed by atoms with van der Waals surface area (Å²) in [4.78, 5) is 28.0. The molecular formula is C10H13ClN4O2. The van der Waals surface area contributed by atoms with Gasteiger partial charge in [0.05, 0.1) is 5.88 Å². The van der Waals surface area contributed by atoms with Crippen LogP contribution in [0.2, 0.25) is 0 Å². The van der Waals surface area contributed by atoms with Crippen molar-refractivity contribution in [1.82, 2.24) is 18.7 Å². The van der Waals surface area contributed by atoms with Crippen LogP contribution in [0.5, 0.6) is 0 Å². The molecule has 0 aliphatic heterocycles. The van der Waals surface area contributed by atoms with E-state index in [-0.39, 0.29) is 17.1 Å². The highest BCUT2D eigenvalue weighted by molar-refractivity contribution is 6.16. The summed E-state index contributed by atoms with van der Waals surface area (Å²) in [5, 5.41) is 0. The first-order chi connectivity index (χ1) is 8.02. The van der Waals surface area contributed by atoms with Gasteiger partial charge in [-0.3, -0.25) is 13.9 Å². The number of imidazole rings is 1. The van der Waals surface area contributed by atoms with Gasteiger partial charge in [0.1, 0.15) is 5.82 Å². The van der Waals surface area contributed by atoms with Crippen LogP contribution in [0.3, 0.4) is 0 Å². The van der Waals surface area contributed by atoms with E-state index in [1.165, 1.54) is 11.6 Å². The fraction of sp³-hybridized carbons (Fsp3) is 0.500. The third-order valence-electron chi connectivity index (χ3n) is 2.86. The van der Waals surface area contributed by atoms with E-state index in [0.29, 0.717) is 23.5 Å². The fourth-order valence-corrected chi connectivity index (χ4v) is 2.14. The molecule has 0 fully saturated rings. The summed E-state index contributed by atoms with van der Waals surface area (Å²) in [5.74, 6) is 0.808. The van der Waals surface area contributed by atoms with Crippen LogP contribution in [-0.2, 0) is 26.5 Å². The molecule has 0 spiro atoms. The van der Waals surface area contributed by atoms with Crippen LogP contribution in [-0.4, -0.2) is 18.7 Å². The maximum atomic E-state index is 12.1. The van der Waals surface area contributed by atoms with E-state index in [9.17, 15) is 9.59 Å². The number of alkyl halides is 1. The van der Waals surface area contributed by atoms with E-state index in [1.54, 1.807) is 11.6 Å². The molecule has 2 heterocycles. The molecule has 7 heteroatoms. The molecule has 6 nitrogen and oxygen atoms in total. The van der Waals surface area contributed by atoms with Crippen molar-refractivity contribution in [3.63, 3.8) is 0 Å². The molecule has 0 radical (unpaired) electrons. The van der Waals surface area contributed by atoms with Crippen molar-refractivity contribution in [3.8, 4) is 0 Å². The van der Waals surface area contributed by atoms with Gasteiger partial charge >= 0.3 is 5.69 Å². The number of hydrogen-bond donors (Lipinski definition) is 0. The van der Waals surface area contributed by atoms with Crippen molar-refractivity contribution in [2.75, 3.05) is 0 Å². The third kappa shape index (κ3) is 1.51. The molecule has 0 amide bonds. The van der Waals surface area contributed by atoms with Gasteiger partial charge in [-0.25, -0.2) is 9.78 Å². The van der Waals surface area contributed by atoms with Gasteiger partial charge in [-0.05, 0) is 6.92 Å². The second-order valence-corrected chi connectivity index (χ2v) is 4.05. The third-order valence-corrected chi connectivity index (χ3v) is 3.10. The quantitative estimate of drug-likeness (QED) is 0.721. The maximum absolute atomic E-state index is 12.1. The number of fused-ring (bicyclic) bond motifs is 1. The zero-order chi connectivity index (χ0) is 12.7. The van der Waals surface area contributed by atoms with Crippen molar-refractivity contribution in [2.24, 2.45) is 14.1 Å². The van der Waals surface area contributed by atoms with Gasteiger partial charge in [-0.15, -0.1) is 11.6 Å². The first-order valence-electron chi connectivity index (χ1n) is 5.24. The van der Waals surface area contributed by atoms with Crippen molar-refractivity contribution >= 4 is 22.8 Å². The Morgan fingerprint density at radius 1 is 1.24 bits per heavy atom. The standard InChI is InChI=1S/C10H13ClN4O2/c1-4-15-6(5-11)12-8-7(15)9(16)14(3)10(17)13(8)2/h4-5H2,1-3H3. The molecule has 17 heavy (non-hydrogen) atoms. The van der Waals surface area contributed by atoms with E-state index >= 15 is 0 Å². The molecule has 2 aromatic rings. The van der Waals surface area contributed by atoms with Gasteiger partial charge in [0, 0.05) is 20.6 Å². The lowest BCUT2D eigenvalue weighted by atomic mass is 10.5. The summed E-state index contributed by atoms with van der Waals surface area (Å²) in [6.45, 7) is 2.49. The fourth-order valence-electron chi connectivity index (χ4n) is 1.93. The van der Waals surface area contributed by atoms with E-state index in [1.807, 2.05) is 6.92 Å². The van der Waals surface area contributed by atoms with Crippen molar-refractivity contribution in [1.29, 1.82) is 0 Å². The number of nitrogens with zero attached hydrogens (tertiary/aromatic N) is 4. The maximum Gasteiger partial charge on any atom is 0.332 e. The van der Waals surface area contributed by atoms with Crippen LogP contribution in [0.15, 0.2) is 9.59 Å². The number of aromatic nitrogens is 4. The highest BCUT2D eigenvalue weighted by Crippen LogP contribution is 2.12. The summed E-state index contributed by atoms with van der Waals surface area (Å²) in [5.41, 5.74) is 0.0848. The summed E-state index contributed by atoms with van der Waals surface area (Å²) in [7, 11) is 3.05. The van der Waals surface area contributed by atoms with E-state index < -0.39 is 0 Å². The van der Waals surface area contributed by atoms with E-state index in [0.717, 1.165) is 4.57 Å². The molecule has 0 unspecified atom stereocenters. The van der Waals surface area contributed by atoms with E-state index in [4.69, 9.17) is 11.6 Å². The predicted molar refractivity (Wildman–Crippen MR) is 65.4 cm³/mol. The lowest BCUT2D eigenvalue weighted by molar-refractivity contribution is 0.697. The van der Waals surface area contributed by atoms with Crippen molar-refractivity contribution < 1.29 is 0 Å². The molecule has 92 valence electrons. The second-order valence-electron chi connectivity index (χ2n) is 3.78. The molecule has 0 saturated heterocycles. The van der Waals surface area contributed by atoms with Gasteiger partial charge in [0.2, 0.25) is 0 Å². The smallest absolute Gasteiger partial charge is 0.321 e. The molecular weight excluding hydrogens is 244 g/mol. The molecule has 0 aliphatic rings. The normalized spacial score (nSPS) is 11.3. The van der Waals surface area contributed by atoms with Crippen LogP contribution in [0.25, 0.3) is 11.2 Å². The Bertz CT molecular complexity index is 695. The number of hydrogen-bond acceptors (Lipinski definition) is 3. The Morgan fingerprint density at radius 3 is 2.41 bits per heavy atom. The van der Waals surface area contributed by atoms with Crippen molar-refractivity contribution in [3.05, 3.63) is 26.7 Å². The number of halogens is 1. The molecule has 2 aromatic heterocycles. The first-order valence-corrected chi connectivity index (χ1v) is 5.77. The van der Waals surface area contributed by atoms with Crippen LogP contribution in [0.4, 0.5) is 0 Å². The molecule has 0 aromatic carbocycles. The lowest BCUT2D eigenvalue weighted by Crippen LogP contribution is -2.37. The summed E-state index contributed by atoms with van der Waals surface area (Å²) in [6, 6.07) is 0. The van der Waals surface area contributed by atoms with Crippen LogP contribution < -0.4 is 11.2 Å². The lowest BCUT2D eigenvalue weighted by Gasteiger charge is -2.05. The number of rotatable bonds is 2. The highest BCUT2D eigenvalue weighted by Gasteiger charge is 2.17. The summed E-state index contributed by atoms with van der Waals surface area (Å²) < 4.78 is 4.18. The van der Waals surface area contributed by atoms with Gasteiger partial charge in [0.15, 0.2) is 11.2 Å². The highest BCUT2D eigenvalue weighted by atomic mass is 35.5. The summed E-state index contributed by atoms with van der Waals surface area (Å²) >= 11 is 5.79. The average Bonchev–Trinajstić information content (AvgIpc) is 2.72. The Morgan fingerprint density at radius 2 is 1.88 bits per heavy atom. The Kier molecular flexibility index (Phi) is 2.82. The van der Waals surface area contributed by atoms with Gasteiger partial charge in [-0.1, -0.05) is 0 Å². The van der Waals surface area contributed by atoms with Crippen LogP contribution >= 0.6 is 11.6 Å². The first kappa shape index (κ1) is 11.9. The number of aryl methyl sites for hydroxylation is 2. The van der Waals surface area contributed by atoms with Crippen LogP contribution in [0, 0.1) is 0 Å². The SMILES string of the molecule is CCn1c(CCl)nc2c1c(=O)n(C)c(=O)n2C. The Labute approximate surface area is 102 Å². The molecule has 0 atom stereocenters. The van der Waals surface area contributed by atoms with Gasteiger partial charge in [0.25, 0.3) is 5.56 Å². The van der Waals surface area contributed by atoms with Crippen molar-refractivity contribution in [2.45, 2.75) is 19.3 Å². The molecule has 2 rings (SSSR count). The monoisotopic (exact) mass is 256 g/mol. The minimum atomic E-state index is -0.385. The predicted octanol–water partition coefficient (Wildman–Crippen LogP) is 0.192. The zero-order valence-electron chi connectivity index (χ0n) is 9.90. The minimum Gasteiger partial charge on any atom is -0.321 e. The molecule has 0 bridgehead atoms. The topological polar surface area (TPSA) is 61.8 Å². The second kappa shape index (κ2) is 4.03. The Hall–Kier alpha value is -1.56. The average molecular weight is 257 g/mol. The van der Waals surface area contributed by atoms with E-state index in [2.05, 4.69) is 4.98 Å². The molecule has 0 N–H and O–H groups in total. The Balaban J connectivity index is 3.10. The summed E-state index contributed by atoms with van der Waals surface area (Å²) in [6.07, 6.45) is 0. The van der Waals surface area contributed by atoms with Crippen LogP contribution in [0.1, 0.15) is 12.7 Å². The minimum absolute atomic E-state index is 0.208. The van der Waals surface area contributed by atoms with Gasteiger partial charge < -0.3 is 4.57 Å².